The van der Waals surface area contributed by atoms with Gasteiger partial charge in [-0.3, -0.25) is 10.1 Å². The highest BCUT2D eigenvalue weighted by Crippen LogP contribution is 2.42. The number of aryl methyl sites for hydroxylation is 1. The topological polar surface area (TPSA) is 87.3 Å². The molecule has 0 aliphatic rings. The third kappa shape index (κ3) is 4.51. The minimum absolute atomic E-state index is 0.0313. The molecule has 0 radical (unpaired) electrons. The Morgan fingerprint density at radius 2 is 1.60 bits per heavy atom. The van der Waals surface area contributed by atoms with E-state index in [4.69, 9.17) is 4.74 Å². The molecule has 172 valence electrons. The van der Waals surface area contributed by atoms with E-state index in [-0.39, 0.29) is 11.6 Å². The number of benzene rings is 4. The van der Waals surface area contributed by atoms with Crippen LogP contribution in [0.25, 0.3) is 16.5 Å². The molecule has 5 aromatic rings. The second-order valence-corrected chi connectivity index (χ2v) is 8.80. The smallest absolute Gasteiger partial charge is 0.344 e. The first-order chi connectivity index (χ1) is 17.0. The van der Waals surface area contributed by atoms with Gasteiger partial charge in [0.15, 0.2) is 0 Å². The zero-order chi connectivity index (χ0) is 24.4. The number of aromatic nitrogens is 2. The molecule has 0 atom stereocenters. The van der Waals surface area contributed by atoms with E-state index in [1.807, 2.05) is 60.7 Å². The van der Waals surface area contributed by atoms with E-state index < -0.39 is 10.9 Å². The fourth-order valence-electron chi connectivity index (χ4n) is 3.71. The van der Waals surface area contributed by atoms with Gasteiger partial charge in [0.05, 0.1) is 31.7 Å². The average Bonchev–Trinajstić information content (AvgIpc) is 3.19. The molecule has 0 unspecified atom stereocenters. The number of carbonyl (C=O) groups is 1. The molecular weight excluding hydrogens is 462 g/mol. The number of ether oxygens (including phenoxy) is 1. The van der Waals surface area contributed by atoms with Crippen molar-refractivity contribution in [3.63, 3.8) is 0 Å². The lowest BCUT2D eigenvalue weighted by molar-refractivity contribution is -0.387. The summed E-state index contributed by atoms with van der Waals surface area (Å²) < 4.78 is 7.48. The van der Waals surface area contributed by atoms with Crippen molar-refractivity contribution in [3.05, 3.63) is 118 Å². The molecule has 0 spiro atoms. The molecular formula is C27H19N3O4S. The monoisotopic (exact) mass is 481 g/mol. The number of para-hydroxylation sites is 2. The second-order valence-electron chi connectivity index (χ2n) is 7.75. The first-order valence-corrected chi connectivity index (χ1v) is 11.6. The minimum Gasteiger partial charge on any atom is -0.402 e. The Kier molecular flexibility index (Phi) is 6.03. The van der Waals surface area contributed by atoms with Gasteiger partial charge in [-0.1, -0.05) is 72.4 Å². The van der Waals surface area contributed by atoms with Crippen molar-refractivity contribution < 1.29 is 14.5 Å². The van der Waals surface area contributed by atoms with Crippen LogP contribution < -0.4 is 4.74 Å². The maximum absolute atomic E-state index is 13.2. The molecule has 35 heavy (non-hydrogen) atoms. The van der Waals surface area contributed by atoms with Crippen molar-refractivity contribution in [1.82, 2.24) is 9.78 Å². The molecule has 4 aromatic carbocycles. The van der Waals surface area contributed by atoms with Gasteiger partial charge in [-0.2, -0.15) is 9.78 Å². The summed E-state index contributed by atoms with van der Waals surface area (Å²) >= 11 is 1.15. The minimum atomic E-state index is -0.544. The summed E-state index contributed by atoms with van der Waals surface area (Å²) in [5.74, 6) is -0.341. The summed E-state index contributed by atoms with van der Waals surface area (Å²) in [6.45, 7) is 1.78. The van der Waals surface area contributed by atoms with Gasteiger partial charge in [0.25, 0.3) is 5.69 Å². The summed E-state index contributed by atoms with van der Waals surface area (Å²) in [6.07, 6.45) is 0. The Morgan fingerprint density at radius 3 is 2.37 bits per heavy atom. The van der Waals surface area contributed by atoms with Gasteiger partial charge in [0, 0.05) is 6.07 Å². The number of hydrogen-bond acceptors (Lipinski definition) is 6. The van der Waals surface area contributed by atoms with Crippen molar-refractivity contribution >= 4 is 34.2 Å². The lowest BCUT2D eigenvalue weighted by atomic mass is 10.1. The lowest BCUT2D eigenvalue weighted by Crippen LogP contribution is -2.12. The summed E-state index contributed by atoms with van der Waals surface area (Å²) in [7, 11) is 0. The molecule has 8 heteroatoms. The predicted octanol–water partition coefficient (Wildman–Crippen LogP) is 6.61. The molecule has 0 amide bonds. The molecule has 7 nitrogen and oxygen atoms in total. The Morgan fingerprint density at radius 1 is 0.914 bits per heavy atom. The highest BCUT2D eigenvalue weighted by molar-refractivity contribution is 7.99. The number of rotatable bonds is 6. The van der Waals surface area contributed by atoms with Crippen LogP contribution in [0.4, 0.5) is 5.69 Å². The summed E-state index contributed by atoms with van der Waals surface area (Å²) in [5.41, 5.74) is 1.64. The van der Waals surface area contributed by atoms with Crippen LogP contribution in [0.1, 0.15) is 16.1 Å². The molecule has 0 aliphatic heterocycles. The first kappa shape index (κ1) is 22.4. The van der Waals surface area contributed by atoms with Crippen LogP contribution in [0.2, 0.25) is 0 Å². The van der Waals surface area contributed by atoms with Gasteiger partial charge in [-0.05, 0) is 48.0 Å². The molecule has 1 aromatic heterocycles. The highest BCUT2D eigenvalue weighted by atomic mass is 32.2. The fraction of sp³-hybridized carbons (Fsp3) is 0.0370. The summed E-state index contributed by atoms with van der Waals surface area (Å²) in [4.78, 5) is 25.3. The van der Waals surface area contributed by atoms with E-state index in [0.29, 0.717) is 26.7 Å². The number of hydrogen-bond donors (Lipinski definition) is 0. The van der Waals surface area contributed by atoms with Gasteiger partial charge < -0.3 is 4.74 Å². The quantitative estimate of drug-likeness (QED) is 0.154. The molecule has 0 saturated heterocycles. The van der Waals surface area contributed by atoms with Crippen LogP contribution in [-0.2, 0) is 0 Å². The number of nitro groups is 1. The third-order valence-electron chi connectivity index (χ3n) is 5.41. The molecule has 0 fully saturated rings. The van der Waals surface area contributed by atoms with Crippen LogP contribution in [0.3, 0.4) is 0 Å². The number of nitrogens with zero attached hydrogens (tertiary/aromatic N) is 3. The van der Waals surface area contributed by atoms with Crippen LogP contribution >= 0.6 is 11.8 Å². The lowest BCUT2D eigenvalue weighted by Gasteiger charge is -2.11. The van der Waals surface area contributed by atoms with Gasteiger partial charge >= 0.3 is 5.97 Å². The van der Waals surface area contributed by atoms with Crippen molar-refractivity contribution in [3.8, 4) is 11.6 Å². The summed E-state index contributed by atoms with van der Waals surface area (Å²) in [5, 5.41) is 18.1. The third-order valence-corrected chi connectivity index (χ3v) is 6.65. The Balaban J connectivity index is 1.58. The van der Waals surface area contributed by atoms with E-state index in [1.165, 1.54) is 6.07 Å². The van der Waals surface area contributed by atoms with Gasteiger partial charge in [-0.25, -0.2) is 4.79 Å². The SMILES string of the molecule is Cc1nn(-c2ccccc2)c(OC(=O)c2ccc3ccccc3c2)c1Sc1ccccc1[N+](=O)[O-]. The Bertz CT molecular complexity index is 1560. The van der Waals surface area contributed by atoms with E-state index >= 15 is 0 Å². The Labute approximate surface area is 205 Å². The Hall–Kier alpha value is -4.43. The van der Waals surface area contributed by atoms with E-state index in [1.54, 1.807) is 41.9 Å². The fourth-order valence-corrected chi connectivity index (χ4v) is 4.73. The molecule has 0 aliphatic carbocycles. The van der Waals surface area contributed by atoms with E-state index in [9.17, 15) is 14.9 Å². The van der Waals surface area contributed by atoms with Crippen LogP contribution in [0.5, 0.6) is 5.88 Å². The highest BCUT2D eigenvalue weighted by Gasteiger charge is 2.25. The number of fused-ring (bicyclic) bond motifs is 1. The van der Waals surface area contributed by atoms with Gasteiger partial charge in [0.1, 0.15) is 0 Å². The van der Waals surface area contributed by atoms with Gasteiger partial charge in [0.2, 0.25) is 5.88 Å². The van der Waals surface area contributed by atoms with Crippen LogP contribution in [0, 0.1) is 17.0 Å². The molecule has 1 heterocycles. The van der Waals surface area contributed by atoms with Crippen molar-refractivity contribution in [2.45, 2.75) is 16.7 Å². The number of carbonyl (C=O) groups excluding carboxylic acids is 1. The number of nitro benzene ring substituents is 1. The normalized spacial score (nSPS) is 10.9. The summed E-state index contributed by atoms with van der Waals surface area (Å²) in [6, 6.07) is 28.9. The zero-order valence-electron chi connectivity index (χ0n) is 18.6. The maximum Gasteiger partial charge on any atom is 0.344 e. The second kappa shape index (κ2) is 9.44. The van der Waals surface area contributed by atoms with Gasteiger partial charge in [-0.15, -0.1) is 0 Å². The van der Waals surface area contributed by atoms with Crippen LogP contribution in [0.15, 0.2) is 107 Å². The first-order valence-electron chi connectivity index (χ1n) is 10.8. The standard InChI is InChI=1S/C27H19N3O4S/c1-18-25(35-24-14-8-7-13-23(24)30(32)33)26(29(28-18)22-11-3-2-4-12-22)34-27(31)21-16-15-19-9-5-6-10-20(19)17-21/h2-17H,1H3. The number of esters is 1. The molecule has 0 N–H and O–H groups in total. The average molecular weight is 482 g/mol. The molecule has 0 saturated carbocycles. The van der Waals surface area contributed by atoms with Crippen molar-refractivity contribution in [2.24, 2.45) is 0 Å². The van der Waals surface area contributed by atoms with E-state index in [0.717, 1.165) is 22.5 Å². The largest absolute Gasteiger partial charge is 0.402 e. The van der Waals surface area contributed by atoms with Crippen molar-refractivity contribution in [2.75, 3.05) is 0 Å². The predicted molar refractivity (Wildman–Crippen MR) is 134 cm³/mol. The van der Waals surface area contributed by atoms with E-state index in [2.05, 4.69) is 5.10 Å². The van der Waals surface area contributed by atoms with Crippen molar-refractivity contribution in [1.29, 1.82) is 0 Å². The molecule has 0 bridgehead atoms. The van der Waals surface area contributed by atoms with Crippen LogP contribution in [-0.4, -0.2) is 20.7 Å². The molecule has 5 rings (SSSR count). The maximum atomic E-state index is 13.2. The zero-order valence-corrected chi connectivity index (χ0v) is 19.4.